The summed E-state index contributed by atoms with van der Waals surface area (Å²) in [7, 11) is 0. The summed E-state index contributed by atoms with van der Waals surface area (Å²) >= 11 is 0. The van der Waals surface area contributed by atoms with Crippen molar-refractivity contribution in [1.82, 2.24) is 4.57 Å². The van der Waals surface area contributed by atoms with Crippen LogP contribution in [0.15, 0.2) is 71.5 Å². The first-order chi connectivity index (χ1) is 10.7. The van der Waals surface area contributed by atoms with Crippen molar-refractivity contribution >= 4 is 11.5 Å². The number of hydrogen-bond donors (Lipinski definition) is 1. The molecule has 0 radical (unpaired) electrons. The van der Waals surface area contributed by atoms with Gasteiger partial charge in [-0.3, -0.25) is 4.79 Å². The van der Waals surface area contributed by atoms with E-state index in [2.05, 4.69) is 9.88 Å². The van der Waals surface area contributed by atoms with Gasteiger partial charge in [-0.25, -0.2) is 0 Å². The molecular formula is C19H18N2O. The second-order valence-corrected chi connectivity index (χ2v) is 5.27. The van der Waals surface area contributed by atoms with Crippen LogP contribution >= 0.6 is 0 Å². The zero-order valence-corrected chi connectivity index (χ0v) is 12.7. The fourth-order valence-corrected chi connectivity index (χ4v) is 2.49. The van der Waals surface area contributed by atoms with Gasteiger partial charge in [0.2, 0.25) is 0 Å². The molecule has 110 valence electrons. The minimum absolute atomic E-state index is 0.0445. The maximum Gasteiger partial charge on any atom is 0.186 e. The summed E-state index contributed by atoms with van der Waals surface area (Å²) in [5.74, 6) is 0.769. The van der Waals surface area contributed by atoms with Crippen LogP contribution in [0.3, 0.4) is 0 Å². The number of anilines is 2. The number of para-hydroxylation sites is 2. The Kier molecular flexibility index (Phi) is 3.79. The van der Waals surface area contributed by atoms with Gasteiger partial charge in [-0.15, -0.1) is 0 Å². The lowest BCUT2D eigenvalue weighted by Crippen LogP contribution is -2.16. The van der Waals surface area contributed by atoms with E-state index in [1.54, 1.807) is 6.07 Å². The molecule has 0 atom stereocenters. The first kappa shape index (κ1) is 14.1. The van der Waals surface area contributed by atoms with Crippen molar-refractivity contribution in [3.8, 4) is 5.69 Å². The van der Waals surface area contributed by atoms with Crippen molar-refractivity contribution in [2.45, 2.75) is 13.8 Å². The Balaban J connectivity index is 2.19. The summed E-state index contributed by atoms with van der Waals surface area (Å²) in [5, 5.41) is 3.34. The van der Waals surface area contributed by atoms with Gasteiger partial charge in [-0.05, 0) is 38.1 Å². The molecule has 0 fully saturated rings. The Morgan fingerprint density at radius 3 is 2.09 bits per heavy atom. The Morgan fingerprint density at radius 2 is 1.45 bits per heavy atom. The van der Waals surface area contributed by atoms with E-state index < -0.39 is 0 Å². The maximum atomic E-state index is 12.2. The standard InChI is InChI=1S/C19H18N2O/c1-14-15(2)21(17-11-7-4-8-12-17)19(13-18(14)22)20-16-9-5-3-6-10-16/h3-13,20H,1-2H3. The Hall–Kier alpha value is -2.81. The van der Waals surface area contributed by atoms with Crippen LogP contribution in [-0.4, -0.2) is 4.57 Å². The van der Waals surface area contributed by atoms with Gasteiger partial charge in [0.1, 0.15) is 5.82 Å². The molecule has 0 amide bonds. The molecule has 0 saturated heterocycles. The molecule has 3 aromatic rings. The van der Waals surface area contributed by atoms with E-state index in [1.807, 2.05) is 74.5 Å². The first-order valence-electron chi connectivity index (χ1n) is 7.27. The van der Waals surface area contributed by atoms with E-state index >= 15 is 0 Å². The molecule has 3 rings (SSSR count). The quantitative estimate of drug-likeness (QED) is 0.784. The predicted octanol–water partition coefficient (Wildman–Crippen LogP) is 4.20. The molecule has 1 N–H and O–H groups in total. The normalized spacial score (nSPS) is 10.5. The number of nitrogens with zero attached hydrogens (tertiary/aromatic N) is 1. The van der Waals surface area contributed by atoms with Gasteiger partial charge >= 0.3 is 0 Å². The highest BCUT2D eigenvalue weighted by molar-refractivity contribution is 5.60. The minimum Gasteiger partial charge on any atom is -0.341 e. The lowest BCUT2D eigenvalue weighted by molar-refractivity contribution is 0.960. The predicted molar refractivity (Wildman–Crippen MR) is 91.2 cm³/mol. The third-order valence-corrected chi connectivity index (χ3v) is 3.82. The SMILES string of the molecule is Cc1c(C)n(-c2ccccc2)c(Nc2ccccc2)cc1=O. The summed E-state index contributed by atoms with van der Waals surface area (Å²) in [5.41, 5.74) is 3.74. The third kappa shape index (κ3) is 2.66. The molecule has 0 aliphatic carbocycles. The summed E-state index contributed by atoms with van der Waals surface area (Å²) in [6.07, 6.45) is 0. The average molecular weight is 290 g/mol. The van der Waals surface area contributed by atoms with E-state index in [0.717, 1.165) is 28.5 Å². The van der Waals surface area contributed by atoms with E-state index in [-0.39, 0.29) is 5.43 Å². The van der Waals surface area contributed by atoms with Gasteiger partial charge < -0.3 is 9.88 Å². The van der Waals surface area contributed by atoms with Crippen LogP contribution in [0.1, 0.15) is 11.3 Å². The number of rotatable bonds is 3. The summed E-state index contributed by atoms with van der Waals surface area (Å²) in [6, 6.07) is 21.6. The fourth-order valence-electron chi connectivity index (χ4n) is 2.49. The smallest absolute Gasteiger partial charge is 0.186 e. The highest BCUT2D eigenvalue weighted by Gasteiger charge is 2.11. The van der Waals surface area contributed by atoms with Crippen molar-refractivity contribution in [3.05, 3.63) is 88.2 Å². The van der Waals surface area contributed by atoms with E-state index in [4.69, 9.17) is 0 Å². The van der Waals surface area contributed by atoms with Crippen molar-refractivity contribution < 1.29 is 0 Å². The van der Waals surface area contributed by atoms with E-state index in [0.29, 0.717) is 0 Å². The second kappa shape index (κ2) is 5.90. The number of hydrogen-bond acceptors (Lipinski definition) is 2. The van der Waals surface area contributed by atoms with Crippen LogP contribution in [0.25, 0.3) is 5.69 Å². The lowest BCUT2D eigenvalue weighted by Gasteiger charge is -2.19. The van der Waals surface area contributed by atoms with Crippen molar-refractivity contribution in [2.24, 2.45) is 0 Å². The zero-order chi connectivity index (χ0) is 15.5. The largest absolute Gasteiger partial charge is 0.341 e. The summed E-state index contributed by atoms with van der Waals surface area (Å²) in [4.78, 5) is 12.2. The maximum absolute atomic E-state index is 12.2. The molecule has 0 aliphatic heterocycles. The van der Waals surface area contributed by atoms with Crippen molar-refractivity contribution in [2.75, 3.05) is 5.32 Å². The Morgan fingerprint density at radius 1 is 0.864 bits per heavy atom. The van der Waals surface area contributed by atoms with Crippen molar-refractivity contribution in [3.63, 3.8) is 0 Å². The van der Waals surface area contributed by atoms with Crippen LogP contribution < -0.4 is 10.7 Å². The minimum atomic E-state index is 0.0445. The van der Waals surface area contributed by atoms with Crippen LogP contribution in [0.5, 0.6) is 0 Å². The molecular weight excluding hydrogens is 272 g/mol. The first-order valence-corrected chi connectivity index (χ1v) is 7.27. The highest BCUT2D eigenvalue weighted by Crippen LogP contribution is 2.22. The zero-order valence-electron chi connectivity index (χ0n) is 12.7. The van der Waals surface area contributed by atoms with Gasteiger partial charge in [0, 0.05) is 28.7 Å². The number of pyridine rings is 1. The highest BCUT2D eigenvalue weighted by atomic mass is 16.1. The second-order valence-electron chi connectivity index (χ2n) is 5.27. The molecule has 0 spiro atoms. The van der Waals surface area contributed by atoms with Gasteiger partial charge in [0.25, 0.3) is 0 Å². The summed E-state index contributed by atoms with van der Waals surface area (Å²) in [6.45, 7) is 3.84. The monoisotopic (exact) mass is 290 g/mol. The topological polar surface area (TPSA) is 34.0 Å². The average Bonchev–Trinajstić information content (AvgIpc) is 2.55. The summed E-state index contributed by atoms with van der Waals surface area (Å²) < 4.78 is 2.07. The molecule has 2 aromatic carbocycles. The molecule has 1 heterocycles. The molecule has 3 heteroatoms. The molecule has 0 aliphatic rings. The molecule has 22 heavy (non-hydrogen) atoms. The number of aromatic nitrogens is 1. The molecule has 3 nitrogen and oxygen atoms in total. The van der Waals surface area contributed by atoms with Crippen LogP contribution in [0, 0.1) is 13.8 Å². The lowest BCUT2D eigenvalue weighted by atomic mass is 10.2. The molecule has 0 saturated carbocycles. The molecule has 0 unspecified atom stereocenters. The Labute approximate surface area is 129 Å². The van der Waals surface area contributed by atoms with Crippen LogP contribution in [0.2, 0.25) is 0 Å². The van der Waals surface area contributed by atoms with Gasteiger partial charge in [0.05, 0.1) is 0 Å². The third-order valence-electron chi connectivity index (χ3n) is 3.82. The van der Waals surface area contributed by atoms with Gasteiger partial charge in [-0.1, -0.05) is 36.4 Å². The van der Waals surface area contributed by atoms with Crippen LogP contribution in [0.4, 0.5) is 11.5 Å². The molecule has 0 bridgehead atoms. The van der Waals surface area contributed by atoms with E-state index in [1.165, 1.54) is 0 Å². The molecule has 1 aromatic heterocycles. The van der Waals surface area contributed by atoms with Crippen LogP contribution in [-0.2, 0) is 0 Å². The van der Waals surface area contributed by atoms with Gasteiger partial charge in [0.15, 0.2) is 5.43 Å². The number of benzene rings is 2. The fraction of sp³-hybridized carbons (Fsp3) is 0.105. The van der Waals surface area contributed by atoms with Crippen molar-refractivity contribution in [1.29, 1.82) is 0 Å². The number of nitrogens with one attached hydrogen (secondary N) is 1. The Bertz CT molecular complexity index is 837. The van der Waals surface area contributed by atoms with Gasteiger partial charge in [-0.2, -0.15) is 0 Å². The van der Waals surface area contributed by atoms with E-state index in [9.17, 15) is 4.79 Å².